The summed E-state index contributed by atoms with van der Waals surface area (Å²) in [5.41, 5.74) is 0.939. The lowest BCUT2D eigenvalue weighted by Crippen LogP contribution is -2.25. The van der Waals surface area contributed by atoms with Gasteiger partial charge in [-0.2, -0.15) is 12.6 Å². The van der Waals surface area contributed by atoms with Crippen molar-refractivity contribution in [2.75, 3.05) is 17.7 Å². The first-order valence-electron chi connectivity index (χ1n) is 5.57. The topological polar surface area (TPSA) is 46.1 Å². The highest BCUT2D eigenvalue weighted by Gasteiger charge is 2.18. The van der Waals surface area contributed by atoms with Crippen LogP contribution in [0.5, 0.6) is 0 Å². The number of halogens is 1. The van der Waals surface area contributed by atoms with E-state index in [1.165, 1.54) is 11.3 Å². The Morgan fingerprint density at radius 3 is 3.00 bits per heavy atom. The normalized spacial score (nSPS) is 10.5. The minimum absolute atomic E-state index is 0.0251. The minimum atomic E-state index is 0.0251. The minimum Gasteiger partial charge on any atom is -0.305 e. The van der Waals surface area contributed by atoms with E-state index in [0.29, 0.717) is 16.8 Å². The zero-order valence-corrected chi connectivity index (χ0v) is 13.5. The number of anilines is 1. The molecule has 100 valence electrons. The maximum absolute atomic E-state index is 11.9. The number of hydrogen-bond donors (Lipinski definition) is 1. The molecule has 2 rings (SSSR count). The van der Waals surface area contributed by atoms with Crippen molar-refractivity contribution in [3.63, 3.8) is 0 Å². The van der Waals surface area contributed by atoms with Crippen LogP contribution >= 0.6 is 39.9 Å². The first-order valence-corrected chi connectivity index (χ1v) is 7.82. The van der Waals surface area contributed by atoms with Gasteiger partial charge in [-0.05, 0) is 33.8 Å². The molecule has 0 aliphatic rings. The Morgan fingerprint density at radius 2 is 2.37 bits per heavy atom. The van der Waals surface area contributed by atoms with Gasteiger partial charge < -0.3 is 4.90 Å². The second-order valence-electron chi connectivity index (χ2n) is 3.78. The van der Waals surface area contributed by atoms with E-state index in [1.807, 2.05) is 12.1 Å². The van der Waals surface area contributed by atoms with E-state index in [-0.39, 0.29) is 5.91 Å². The maximum atomic E-state index is 11.9. The molecule has 0 atom stereocenters. The Bertz CT molecular complexity index is 574. The van der Waals surface area contributed by atoms with Gasteiger partial charge in [0.1, 0.15) is 14.6 Å². The number of hydrogen-bond acceptors (Lipinski definition) is 5. The van der Waals surface area contributed by atoms with Crippen molar-refractivity contribution >= 4 is 50.8 Å². The highest BCUT2D eigenvalue weighted by molar-refractivity contribution is 9.10. The second kappa shape index (κ2) is 6.49. The van der Waals surface area contributed by atoms with Crippen LogP contribution in [0.15, 0.2) is 29.1 Å². The van der Waals surface area contributed by atoms with E-state index in [9.17, 15) is 4.79 Å². The van der Waals surface area contributed by atoms with E-state index in [2.05, 4.69) is 38.5 Å². The van der Waals surface area contributed by atoms with Crippen LogP contribution < -0.4 is 4.90 Å². The first kappa shape index (κ1) is 14.5. The number of thiazole rings is 1. The Labute approximate surface area is 129 Å². The molecular formula is C12H12BrN3OS2. The molecule has 0 saturated heterocycles. The predicted molar refractivity (Wildman–Crippen MR) is 84.9 cm³/mol. The molecule has 7 heteroatoms. The number of nitrogens with zero attached hydrogens (tertiary/aromatic N) is 3. The maximum Gasteiger partial charge on any atom is 0.228 e. The molecule has 1 amide bonds. The first-order chi connectivity index (χ1) is 9.13. The smallest absolute Gasteiger partial charge is 0.228 e. The molecule has 2 heterocycles. The fraction of sp³-hybridized carbons (Fsp3) is 0.250. The Morgan fingerprint density at radius 1 is 1.58 bits per heavy atom. The van der Waals surface area contributed by atoms with E-state index in [0.717, 1.165) is 15.6 Å². The summed E-state index contributed by atoms with van der Waals surface area (Å²) in [6.45, 7) is 0. The Hall–Kier alpha value is -0.920. The molecule has 0 fully saturated rings. The zero-order chi connectivity index (χ0) is 13.8. The molecule has 0 spiro atoms. The van der Waals surface area contributed by atoms with Crippen LogP contribution in [-0.2, 0) is 4.79 Å². The fourth-order valence-electron chi connectivity index (χ4n) is 1.49. The highest BCUT2D eigenvalue weighted by Crippen LogP contribution is 2.37. The third-order valence-corrected chi connectivity index (χ3v) is 4.70. The predicted octanol–water partition coefficient (Wildman–Crippen LogP) is 3.25. The van der Waals surface area contributed by atoms with Crippen LogP contribution in [0.4, 0.5) is 5.00 Å². The number of rotatable bonds is 4. The van der Waals surface area contributed by atoms with Crippen LogP contribution in [0.1, 0.15) is 6.42 Å². The summed E-state index contributed by atoms with van der Waals surface area (Å²) in [6, 6.07) is 3.80. The number of amides is 1. The number of pyridine rings is 1. The van der Waals surface area contributed by atoms with Crippen LogP contribution in [0.2, 0.25) is 0 Å². The van der Waals surface area contributed by atoms with Gasteiger partial charge in [-0.15, -0.1) is 0 Å². The molecule has 0 aliphatic heterocycles. The lowest BCUT2D eigenvalue weighted by atomic mass is 10.3. The fourth-order valence-corrected chi connectivity index (χ4v) is 3.41. The molecule has 19 heavy (non-hydrogen) atoms. The lowest BCUT2D eigenvalue weighted by molar-refractivity contribution is -0.117. The zero-order valence-electron chi connectivity index (χ0n) is 10.2. The SMILES string of the molecule is CN(C(=O)CCS)c1sc(-c2cccnc2)nc1Br. The Kier molecular flexibility index (Phi) is 4.95. The molecule has 0 aliphatic carbocycles. The molecule has 0 aromatic carbocycles. The van der Waals surface area contributed by atoms with Crippen molar-refractivity contribution in [1.82, 2.24) is 9.97 Å². The van der Waals surface area contributed by atoms with Gasteiger partial charge in [0.25, 0.3) is 0 Å². The molecule has 0 bridgehead atoms. The van der Waals surface area contributed by atoms with Crippen LogP contribution in [-0.4, -0.2) is 28.7 Å². The van der Waals surface area contributed by atoms with Gasteiger partial charge in [0.05, 0.1) is 0 Å². The van der Waals surface area contributed by atoms with Gasteiger partial charge >= 0.3 is 0 Å². The summed E-state index contributed by atoms with van der Waals surface area (Å²) in [5.74, 6) is 0.562. The van der Waals surface area contributed by atoms with Crippen molar-refractivity contribution in [3.05, 3.63) is 29.1 Å². The van der Waals surface area contributed by atoms with Gasteiger partial charge in [-0.25, -0.2) is 4.98 Å². The van der Waals surface area contributed by atoms with Gasteiger partial charge in [0.15, 0.2) is 0 Å². The summed E-state index contributed by atoms with van der Waals surface area (Å²) in [7, 11) is 1.75. The van der Waals surface area contributed by atoms with Gasteiger partial charge in [0.2, 0.25) is 5.91 Å². The number of carbonyl (C=O) groups excluding carboxylic acids is 1. The molecule has 0 radical (unpaired) electrons. The average molecular weight is 358 g/mol. The summed E-state index contributed by atoms with van der Waals surface area (Å²) in [4.78, 5) is 22.0. The van der Waals surface area contributed by atoms with Crippen molar-refractivity contribution in [3.8, 4) is 10.6 Å². The molecule has 0 unspecified atom stereocenters. The molecule has 2 aromatic rings. The Balaban J connectivity index is 2.29. The van der Waals surface area contributed by atoms with Crippen molar-refractivity contribution in [2.24, 2.45) is 0 Å². The van der Waals surface area contributed by atoms with Gasteiger partial charge in [-0.3, -0.25) is 9.78 Å². The molecule has 0 N–H and O–H groups in total. The quantitative estimate of drug-likeness (QED) is 0.854. The standard InChI is InChI=1S/C12H12BrN3OS2/c1-16(9(17)4-6-18)12-10(13)15-11(19-12)8-3-2-5-14-7-8/h2-3,5,7,18H,4,6H2,1H3. The summed E-state index contributed by atoms with van der Waals surface area (Å²) < 4.78 is 0.673. The molecule has 2 aromatic heterocycles. The second-order valence-corrected chi connectivity index (χ2v) is 5.96. The van der Waals surface area contributed by atoms with Gasteiger partial charge in [-0.1, -0.05) is 11.3 Å². The summed E-state index contributed by atoms with van der Waals surface area (Å²) in [6.07, 6.45) is 3.88. The van der Waals surface area contributed by atoms with Gasteiger partial charge in [0, 0.05) is 31.4 Å². The third kappa shape index (κ3) is 3.34. The van der Waals surface area contributed by atoms with E-state index < -0.39 is 0 Å². The summed E-state index contributed by atoms with van der Waals surface area (Å²) in [5, 5.41) is 1.63. The van der Waals surface area contributed by atoms with Crippen LogP contribution in [0.3, 0.4) is 0 Å². The number of carbonyl (C=O) groups is 1. The monoisotopic (exact) mass is 357 g/mol. The van der Waals surface area contributed by atoms with E-state index in [4.69, 9.17) is 0 Å². The molecule has 4 nitrogen and oxygen atoms in total. The molecule has 0 saturated carbocycles. The largest absolute Gasteiger partial charge is 0.305 e. The average Bonchev–Trinajstić information content (AvgIpc) is 2.81. The highest BCUT2D eigenvalue weighted by atomic mass is 79.9. The van der Waals surface area contributed by atoms with Crippen LogP contribution in [0, 0.1) is 0 Å². The van der Waals surface area contributed by atoms with Crippen molar-refractivity contribution < 1.29 is 4.79 Å². The van der Waals surface area contributed by atoms with Crippen molar-refractivity contribution in [2.45, 2.75) is 6.42 Å². The van der Waals surface area contributed by atoms with E-state index in [1.54, 1.807) is 24.3 Å². The van der Waals surface area contributed by atoms with Crippen LogP contribution in [0.25, 0.3) is 10.6 Å². The lowest BCUT2D eigenvalue weighted by Gasteiger charge is -2.14. The number of aromatic nitrogens is 2. The summed E-state index contributed by atoms with van der Waals surface area (Å²) >= 11 is 8.93. The third-order valence-electron chi connectivity index (χ3n) is 2.48. The van der Waals surface area contributed by atoms with E-state index >= 15 is 0 Å². The number of thiol groups is 1. The molecular weight excluding hydrogens is 346 g/mol. The van der Waals surface area contributed by atoms with Crippen molar-refractivity contribution in [1.29, 1.82) is 0 Å².